The summed E-state index contributed by atoms with van der Waals surface area (Å²) in [6.07, 6.45) is 4.78. The quantitative estimate of drug-likeness (QED) is 0.454. The SMILES string of the molecule is CC1=CC2(C)OC2C(C)=C1.SP(c1ccccc1)c1ccccc1. The molecule has 2 unspecified atom stereocenters. The van der Waals surface area contributed by atoms with Gasteiger partial charge in [-0.15, -0.1) is 12.2 Å². The molecule has 2 aliphatic rings. The average molecular weight is 354 g/mol. The molecule has 0 saturated carbocycles. The minimum absolute atomic E-state index is 0.0584. The van der Waals surface area contributed by atoms with Gasteiger partial charge in [0.1, 0.15) is 11.7 Å². The number of hydrogen-bond acceptors (Lipinski definition) is 2. The molecule has 2 aromatic carbocycles. The van der Waals surface area contributed by atoms with Crippen LogP contribution in [0.25, 0.3) is 0 Å². The smallest absolute Gasteiger partial charge is 0.115 e. The Balaban J connectivity index is 0.000000149. The van der Waals surface area contributed by atoms with Crippen molar-refractivity contribution in [2.24, 2.45) is 0 Å². The fourth-order valence-corrected chi connectivity index (χ4v) is 5.10. The molecule has 0 spiro atoms. The predicted octanol–water partition coefficient (Wildman–Crippen LogP) is 5.01. The van der Waals surface area contributed by atoms with Crippen molar-refractivity contribution in [3.8, 4) is 0 Å². The van der Waals surface area contributed by atoms with Crippen molar-refractivity contribution in [3.05, 3.63) is 84.0 Å². The lowest BCUT2D eigenvalue weighted by Crippen LogP contribution is -2.10. The summed E-state index contributed by atoms with van der Waals surface area (Å²) in [6, 6.07) is 20.8. The molecule has 1 fully saturated rings. The van der Waals surface area contributed by atoms with Gasteiger partial charge in [0, 0.05) is 7.12 Å². The second kappa shape index (κ2) is 7.27. The van der Waals surface area contributed by atoms with Gasteiger partial charge < -0.3 is 4.74 Å². The maximum absolute atomic E-state index is 5.50. The molecule has 1 nitrogen and oxygen atoms in total. The van der Waals surface area contributed by atoms with Gasteiger partial charge in [-0.3, -0.25) is 0 Å². The van der Waals surface area contributed by atoms with Gasteiger partial charge in [-0.25, -0.2) is 0 Å². The number of allylic oxidation sites excluding steroid dienone is 2. The summed E-state index contributed by atoms with van der Waals surface area (Å²) in [4.78, 5) is 0. The maximum atomic E-state index is 5.50. The van der Waals surface area contributed by atoms with Crippen LogP contribution < -0.4 is 10.6 Å². The van der Waals surface area contributed by atoms with E-state index in [1.165, 1.54) is 21.8 Å². The van der Waals surface area contributed by atoms with Crippen molar-refractivity contribution < 1.29 is 4.74 Å². The van der Waals surface area contributed by atoms with E-state index in [4.69, 9.17) is 4.74 Å². The minimum Gasteiger partial charge on any atom is -0.357 e. The molecule has 124 valence electrons. The fraction of sp³-hybridized carbons (Fsp3) is 0.238. The van der Waals surface area contributed by atoms with E-state index in [1.807, 2.05) is 12.1 Å². The van der Waals surface area contributed by atoms with Crippen LogP contribution in [0.15, 0.2) is 84.0 Å². The first-order valence-electron chi connectivity index (χ1n) is 8.14. The summed E-state index contributed by atoms with van der Waals surface area (Å²) in [5, 5.41) is 2.61. The van der Waals surface area contributed by atoms with Gasteiger partial charge in [0.15, 0.2) is 0 Å². The van der Waals surface area contributed by atoms with E-state index in [0.717, 1.165) is 0 Å². The summed E-state index contributed by atoms with van der Waals surface area (Å²) in [7, 11) is -0.476. The molecule has 0 bridgehead atoms. The molecular weight excluding hydrogens is 331 g/mol. The Morgan fingerprint density at radius 1 is 0.917 bits per heavy atom. The van der Waals surface area contributed by atoms with E-state index < -0.39 is 7.12 Å². The molecule has 0 amide bonds. The van der Waals surface area contributed by atoms with Gasteiger partial charge in [0.05, 0.1) is 0 Å². The van der Waals surface area contributed by atoms with E-state index in [1.54, 1.807) is 0 Å². The summed E-state index contributed by atoms with van der Waals surface area (Å²) in [6.45, 7) is 6.39. The first kappa shape index (κ1) is 17.5. The third kappa shape index (κ3) is 4.00. The summed E-state index contributed by atoms with van der Waals surface area (Å²) >= 11 is 4.67. The molecule has 1 heterocycles. The van der Waals surface area contributed by atoms with Crippen LogP contribution in [-0.4, -0.2) is 11.7 Å². The molecule has 1 aliphatic heterocycles. The van der Waals surface area contributed by atoms with Crippen LogP contribution >= 0.6 is 19.4 Å². The summed E-state index contributed by atoms with van der Waals surface area (Å²) < 4.78 is 5.50. The topological polar surface area (TPSA) is 12.5 Å². The number of hydrogen-bond donors (Lipinski definition) is 1. The van der Waals surface area contributed by atoms with Crippen molar-refractivity contribution in [1.82, 2.24) is 0 Å². The monoisotopic (exact) mass is 354 g/mol. The number of rotatable bonds is 2. The lowest BCUT2D eigenvalue weighted by Gasteiger charge is -2.10. The molecule has 24 heavy (non-hydrogen) atoms. The van der Waals surface area contributed by atoms with Crippen LogP contribution in [-0.2, 0) is 4.74 Å². The Bertz CT molecular complexity index is 714. The molecule has 0 radical (unpaired) electrons. The fourth-order valence-electron chi connectivity index (χ4n) is 3.09. The molecule has 2 aromatic rings. The zero-order valence-electron chi connectivity index (χ0n) is 14.3. The number of fused-ring (bicyclic) bond motifs is 1. The Morgan fingerprint density at radius 2 is 1.42 bits per heavy atom. The lowest BCUT2D eigenvalue weighted by molar-refractivity contribution is 0.353. The Kier molecular flexibility index (Phi) is 5.30. The Labute approximate surface area is 151 Å². The third-order valence-corrected chi connectivity index (χ3v) is 7.18. The first-order valence-corrected chi connectivity index (χ1v) is 10.6. The Hall–Kier alpha value is -1.34. The maximum Gasteiger partial charge on any atom is 0.115 e. The molecule has 0 N–H and O–H groups in total. The normalized spacial score (nSPS) is 24.3. The lowest BCUT2D eigenvalue weighted by atomic mass is 9.93. The second-order valence-electron chi connectivity index (χ2n) is 6.44. The molecule has 3 heteroatoms. The first-order chi connectivity index (χ1) is 11.5. The van der Waals surface area contributed by atoms with Crippen molar-refractivity contribution in [3.63, 3.8) is 0 Å². The zero-order chi connectivity index (χ0) is 17.2. The van der Waals surface area contributed by atoms with Crippen LogP contribution in [0.5, 0.6) is 0 Å². The highest BCUT2D eigenvalue weighted by atomic mass is 32.7. The van der Waals surface area contributed by atoms with Crippen LogP contribution in [0.1, 0.15) is 20.8 Å². The van der Waals surface area contributed by atoms with Crippen LogP contribution in [0.3, 0.4) is 0 Å². The highest BCUT2D eigenvalue weighted by molar-refractivity contribution is 8.50. The van der Waals surface area contributed by atoms with Gasteiger partial charge >= 0.3 is 0 Å². The molecule has 4 rings (SSSR count). The van der Waals surface area contributed by atoms with Crippen LogP contribution in [0.2, 0.25) is 0 Å². The standard InChI is InChI=1S/C12H11PS.C9H12O/c14-13(11-7-3-1-4-8-11)12-9-5-2-6-10-12;1-6-4-7(2)8-9(3,5-6)10-8/h1-10,14H;4-5,8H,1-3H3. The predicted molar refractivity (Wildman–Crippen MR) is 109 cm³/mol. The molecule has 1 saturated heterocycles. The number of thiol groups is 1. The molecule has 1 aliphatic carbocycles. The number of benzene rings is 2. The van der Waals surface area contributed by atoms with Crippen LogP contribution in [0, 0.1) is 0 Å². The van der Waals surface area contributed by atoms with Gasteiger partial charge in [0.25, 0.3) is 0 Å². The van der Waals surface area contributed by atoms with E-state index in [0.29, 0.717) is 6.10 Å². The molecular formula is C21H23OPS. The third-order valence-electron chi connectivity index (χ3n) is 4.22. The molecule has 2 atom stereocenters. The average Bonchev–Trinajstić information content (AvgIpc) is 3.28. The van der Waals surface area contributed by atoms with Crippen LogP contribution in [0.4, 0.5) is 0 Å². The van der Waals surface area contributed by atoms with E-state index >= 15 is 0 Å². The minimum atomic E-state index is -0.476. The largest absolute Gasteiger partial charge is 0.357 e. The van der Waals surface area contributed by atoms with Gasteiger partial charge in [-0.2, -0.15) is 0 Å². The van der Waals surface area contributed by atoms with E-state index in [9.17, 15) is 0 Å². The number of ether oxygens (including phenoxy) is 1. The highest BCUT2D eigenvalue weighted by Crippen LogP contribution is 2.45. The molecule has 0 aromatic heterocycles. The van der Waals surface area contributed by atoms with E-state index in [2.05, 4.69) is 93.7 Å². The summed E-state index contributed by atoms with van der Waals surface area (Å²) in [5.41, 5.74) is 2.75. The highest BCUT2D eigenvalue weighted by Gasteiger charge is 2.52. The number of epoxide rings is 1. The second-order valence-corrected chi connectivity index (χ2v) is 9.30. The summed E-state index contributed by atoms with van der Waals surface area (Å²) in [5.74, 6) is 0. The van der Waals surface area contributed by atoms with Gasteiger partial charge in [-0.1, -0.05) is 72.3 Å². The van der Waals surface area contributed by atoms with Crippen molar-refractivity contribution >= 4 is 30.0 Å². The zero-order valence-corrected chi connectivity index (χ0v) is 16.1. The van der Waals surface area contributed by atoms with Crippen molar-refractivity contribution in [2.45, 2.75) is 32.5 Å². The van der Waals surface area contributed by atoms with Crippen molar-refractivity contribution in [1.29, 1.82) is 0 Å². The van der Waals surface area contributed by atoms with Crippen molar-refractivity contribution in [2.75, 3.05) is 0 Å². The van der Waals surface area contributed by atoms with Gasteiger partial charge in [0.2, 0.25) is 0 Å². The van der Waals surface area contributed by atoms with E-state index in [-0.39, 0.29) is 5.60 Å². The van der Waals surface area contributed by atoms with Gasteiger partial charge in [-0.05, 0) is 43.0 Å². The Morgan fingerprint density at radius 3 is 1.88 bits per heavy atom.